The fourth-order valence-corrected chi connectivity index (χ4v) is 5.87. The van der Waals surface area contributed by atoms with E-state index < -0.39 is 0 Å². The molecule has 2 nitrogen and oxygen atoms in total. The fraction of sp³-hybridized carbons (Fsp3) is 0.400. The monoisotopic (exact) mass is 322 g/mol. The first-order valence-corrected chi connectivity index (χ1v) is 9.48. The third kappa shape index (κ3) is 2.22. The fourth-order valence-electron chi connectivity index (χ4n) is 4.66. The van der Waals surface area contributed by atoms with Gasteiger partial charge in [0.05, 0.1) is 0 Å². The van der Waals surface area contributed by atoms with Crippen LogP contribution in [0.3, 0.4) is 0 Å². The van der Waals surface area contributed by atoms with Crippen molar-refractivity contribution in [1.29, 1.82) is 0 Å². The van der Waals surface area contributed by atoms with E-state index in [0.717, 1.165) is 18.4 Å². The van der Waals surface area contributed by atoms with E-state index in [1.807, 2.05) is 11.3 Å². The summed E-state index contributed by atoms with van der Waals surface area (Å²) in [5.41, 5.74) is 7.84. The summed E-state index contributed by atoms with van der Waals surface area (Å²) < 4.78 is 2.87. The number of benzene rings is 2. The highest BCUT2D eigenvalue weighted by Gasteiger charge is 2.39. The summed E-state index contributed by atoms with van der Waals surface area (Å²) in [4.78, 5) is 2.64. The van der Waals surface area contributed by atoms with Crippen molar-refractivity contribution in [2.24, 2.45) is 17.6 Å². The Morgan fingerprint density at radius 3 is 2.52 bits per heavy atom. The molecule has 118 valence electrons. The smallest absolute Gasteiger partial charge is 0.0400 e. The van der Waals surface area contributed by atoms with Gasteiger partial charge in [0, 0.05) is 45.8 Å². The molecule has 2 heterocycles. The number of thiophene rings is 1. The van der Waals surface area contributed by atoms with Gasteiger partial charge in [-0.25, -0.2) is 0 Å². The van der Waals surface area contributed by atoms with Crippen molar-refractivity contribution in [3.8, 4) is 0 Å². The normalized spacial score (nSPS) is 28.0. The van der Waals surface area contributed by atoms with Crippen LogP contribution in [0.1, 0.15) is 18.4 Å². The summed E-state index contributed by atoms with van der Waals surface area (Å²) in [5.74, 6) is 1.44. The predicted molar refractivity (Wildman–Crippen MR) is 98.8 cm³/mol. The first-order valence-electron chi connectivity index (χ1n) is 8.66. The Morgan fingerprint density at radius 1 is 0.957 bits per heavy atom. The average molecular weight is 322 g/mol. The van der Waals surface area contributed by atoms with Crippen molar-refractivity contribution in [3.63, 3.8) is 0 Å². The van der Waals surface area contributed by atoms with E-state index >= 15 is 0 Å². The van der Waals surface area contributed by atoms with Crippen molar-refractivity contribution < 1.29 is 0 Å². The van der Waals surface area contributed by atoms with E-state index in [9.17, 15) is 0 Å². The average Bonchev–Trinajstić information content (AvgIpc) is 3.02. The molecule has 23 heavy (non-hydrogen) atoms. The molecule has 3 atom stereocenters. The van der Waals surface area contributed by atoms with Crippen LogP contribution >= 0.6 is 11.3 Å². The topological polar surface area (TPSA) is 29.3 Å². The van der Waals surface area contributed by atoms with E-state index in [1.54, 1.807) is 0 Å². The number of hydrogen-bond acceptors (Lipinski definition) is 3. The minimum atomic E-state index is 0.450. The summed E-state index contributed by atoms with van der Waals surface area (Å²) >= 11 is 1.94. The lowest BCUT2D eigenvalue weighted by Crippen LogP contribution is -2.48. The number of piperidine rings is 1. The Hall–Kier alpha value is -1.42. The highest BCUT2D eigenvalue weighted by atomic mass is 32.1. The maximum Gasteiger partial charge on any atom is 0.0400 e. The lowest BCUT2D eigenvalue weighted by Gasteiger charge is -2.36. The highest BCUT2D eigenvalue weighted by molar-refractivity contribution is 7.26. The molecule has 1 saturated carbocycles. The third-order valence-electron chi connectivity index (χ3n) is 5.86. The molecule has 1 unspecified atom stereocenters. The van der Waals surface area contributed by atoms with Crippen LogP contribution in [0.15, 0.2) is 42.5 Å². The van der Waals surface area contributed by atoms with Gasteiger partial charge in [0.1, 0.15) is 0 Å². The zero-order chi connectivity index (χ0) is 15.4. The molecule has 0 amide bonds. The second-order valence-electron chi connectivity index (χ2n) is 7.26. The number of nitrogens with zero attached hydrogens (tertiary/aromatic N) is 1. The van der Waals surface area contributed by atoms with E-state index in [-0.39, 0.29) is 0 Å². The van der Waals surface area contributed by atoms with Crippen molar-refractivity contribution >= 4 is 31.5 Å². The molecular formula is C20H22N2S. The Labute approximate surface area is 140 Å². The van der Waals surface area contributed by atoms with E-state index in [4.69, 9.17) is 5.73 Å². The van der Waals surface area contributed by atoms with Crippen molar-refractivity contribution in [3.05, 3.63) is 48.0 Å². The number of likely N-dealkylation sites (tertiary alicyclic amines) is 1. The van der Waals surface area contributed by atoms with Gasteiger partial charge >= 0.3 is 0 Å². The van der Waals surface area contributed by atoms with Crippen LogP contribution in [0.5, 0.6) is 0 Å². The van der Waals surface area contributed by atoms with E-state index in [2.05, 4.69) is 47.4 Å². The molecule has 1 aliphatic carbocycles. The van der Waals surface area contributed by atoms with Gasteiger partial charge in [0.2, 0.25) is 0 Å². The summed E-state index contributed by atoms with van der Waals surface area (Å²) in [6.45, 7) is 3.43. The van der Waals surface area contributed by atoms with Crippen LogP contribution < -0.4 is 5.73 Å². The molecular weight excluding hydrogens is 300 g/mol. The van der Waals surface area contributed by atoms with Crippen LogP contribution in [-0.4, -0.2) is 24.0 Å². The molecule has 1 saturated heterocycles. The Morgan fingerprint density at radius 2 is 1.70 bits per heavy atom. The zero-order valence-electron chi connectivity index (χ0n) is 13.2. The summed E-state index contributed by atoms with van der Waals surface area (Å²) in [6, 6.07) is 16.0. The molecule has 0 spiro atoms. The zero-order valence-corrected chi connectivity index (χ0v) is 14.1. The van der Waals surface area contributed by atoms with Crippen LogP contribution in [0, 0.1) is 11.8 Å². The molecule has 2 aliphatic rings. The minimum Gasteiger partial charge on any atom is -0.327 e. The number of hydrogen-bond donors (Lipinski definition) is 1. The number of fused-ring (bicyclic) bond motifs is 5. The lowest BCUT2D eigenvalue weighted by molar-refractivity contribution is 0.141. The molecule has 1 aliphatic heterocycles. The van der Waals surface area contributed by atoms with Gasteiger partial charge in [-0.2, -0.15) is 0 Å². The van der Waals surface area contributed by atoms with Crippen molar-refractivity contribution in [1.82, 2.24) is 4.90 Å². The number of rotatable bonds is 2. The Kier molecular flexibility index (Phi) is 3.22. The predicted octanol–water partition coefficient (Wildman–Crippen LogP) is 4.22. The van der Waals surface area contributed by atoms with Gasteiger partial charge in [-0.1, -0.05) is 36.4 Å². The van der Waals surface area contributed by atoms with Gasteiger partial charge in [0.15, 0.2) is 0 Å². The molecule has 2 fully saturated rings. The van der Waals surface area contributed by atoms with Gasteiger partial charge in [-0.15, -0.1) is 11.3 Å². The molecule has 2 aromatic carbocycles. The molecule has 2 bridgehead atoms. The van der Waals surface area contributed by atoms with Gasteiger partial charge in [-0.3, -0.25) is 4.90 Å². The van der Waals surface area contributed by atoms with Gasteiger partial charge in [0.25, 0.3) is 0 Å². The second kappa shape index (κ2) is 5.30. The second-order valence-corrected chi connectivity index (χ2v) is 8.31. The van der Waals surface area contributed by atoms with Gasteiger partial charge in [-0.05, 0) is 36.3 Å². The molecule has 5 rings (SSSR count). The first-order chi connectivity index (χ1) is 11.3. The summed E-state index contributed by atoms with van der Waals surface area (Å²) in [5, 5.41) is 2.81. The van der Waals surface area contributed by atoms with E-state index in [0.29, 0.717) is 6.04 Å². The molecule has 1 aromatic heterocycles. The van der Waals surface area contributed by atoms with Crippen LogP contribution in [-0.2, 0) is 6.54 Å². The first kappa shape index (κ1) is 14.0. The van der Waals surface area contributed by atoms with Crippen LogP contribution in [0.2, 0.25) is 0 Å². The Bertz CT molecular complexity index is 854. The summed E-state index contributed by atoms with van der Waals surface area (Å²) in [7, 11) is 0. The summed E-state index contributed by atoms with van der Waals surface area (Å²) in [6.07, 6.45) is 2.66. The highest BCUT2D eigenvalue weighted by Crippen LogP contribution is 2.39. The number of nitrogens with two attached hydrogens (primary N) is 1. The molecule has 0 radical (unpaired) electrons. The quantitative estimate of drug-likeness (QED) is 0.765. The minimum absolute atomic E-state index is 0.450. The molecule has 3 aromatic rings. The van der Waals surface area contributed by atoms with Crippen LogP contribution in [0.25, 0.3) is 20.2 Å². The third-order valence-corrected chi connectivity index (χ3v) is 7.12. The largest absolute Gasteiger partial charge is 0.327 e. The maximum absolute atomic E-state index is 6.36. The van der Waals surface area contributed by atoms with E-state index in [1.165, 1.54) is 51.7 Å². The molecule has 2 N–H and O–H groups in total. The molecule has 3 heteroatoms. The Balaban J connectivity index is 1.51. The maximum atomic E-state index is 6.36. The standard InChI is InChI=1S/C20H22N2S/c21-19-13-8-9-14(19)11-22(10-13)12-15-4-3-6-17-16-5-1-2-7-18(16)23-20(15)17/h1-7,13-14,19H,8-12,21H2/t13-,14+,19?. The van der Waals surface area contributed by atoms with Crippen LogP contribution in [0.4, 0.5) is 0 Å². The SMILES string of the molecule is NC1[C@@H]2CC[C@H]1CN(Cc1cccc3c1sc1ccccc13)C2. The van der Waals surface area contributed by atoms with Crippen molar-refractivity contribution in [2.45, 2.75) is 25.4 Å². The van der Waals surface area contributed by atoms with Crippen molar-refractivity contribution in [2.75, 3.05) is 13.1 Å². The van der Waals surface area contributed by atoms with Gasteiger partial charge < -0.3 is 5.73 Å². The lowest BCUT2D eigenvalue weighted by atomic mass is 9.93.